The largest absolute Gasteiger partial charge is 0.360 e. The summed E-state index contributed by atoms with van der Waals surface area (Å²) in [7, 11) is 0. The number of halogens is 1. The van der Waals surface area contributed by atoms with Gasteiger partial charge in [-0.05, 0) is 35.0 Å². The predicted octanol–water partition coefficient (Wildman–Crippen LogP) is 3.40. The fourth-order valence-electron chi connectivity index (χ4n) is 3.63. The van der Waals surface area contributed by atoms with Gasteiger partial charge in [-0.15, -0.1) is 0 Å². The zero-order valence-corrected chi connectivity index (χ0v) is 14.5. The van der Waals surface area contributed by atoms with Gasteiger partial charge in [0.1, 0.15) is 6.54 Å². The second kappa shape index (κ2) is 6.84. The molecule has 1 heterocycles. The van der Waals surface area contributed by atoms with Crippen LogP contribution in [0.1, 0.15) is 5.56 Å². The summed E-state index contributed by atoms with van der Waals surface area (Å²) >= 11 is 5.99. The molecular weight excluding hydrogens is 316 g/mol. The molecule has 0 saturated carbocycles. The van der Waals surface area contributed by atoms with Crippen LogP contribution < -0.4 is 9.80 Å². The minimum atomic E-state index is 0.805. The molecule has 0 aliphatic carbocycles. The van der Waals surface area contributed by atoms with Crippen LogP contribution >= 0.6 is 11.6 Å². The zero-order chi connectivity index (χ0) is 16.4. The highest BCUT2D eigenvalue weighted by Crippen LogP contribution is 2.19. The summed E-state index contributed by atoms with van der Waals surface area (Å²) in [4.78, 5) is 4.12. The van der Waals surface area contributed by atoms with Gasteiger partial charge in [-0.3, -0.25) is 0 Å². The Labute approximate surface area is 148 Å². The Kier molecular flexibility index (Phi) is 4.42. The van der Waals surface area contributed by atoms with Crippen molar-refractivity contribution in [2.24, 2.45) is 0 Å². The van der Waals surface area contributed by atoms with Gasteiger partial charge < -0.3 is 9.80 Å². The monoisotopic (exact) mass is 337 g/mol. The first-order valence-electron chi connectivity index (χ1n) is 8.60. The maximum atomic E-state index is 5.99. The lowest BCUT2D eigenvalue weighted by Crippen LogP contribution is -3.13. The molecule has 24 heavy (non-hydrogen) atoms. The van der Waals surface area contributed by atoms with Gasteiger partial charge in [0.2, 0.25) is 0 Å². The Morgan fingerprint density at radius 3 is 2.33 bits per heavy atom. The van der Waals surface area contributed by atoms with Crippen LogP contribution in [0, 0.1) is 0 Å². The summed E-state index contributed by atoms with van der Waals surface area (Å²) in [5, 5.41) is 3.54. The van der Waals surface area contributed by atoms with Crippen molar-refractivity contribution >= 4 is 28.1 Å². The number of piperazine rings is 1. The van der Waals surface area contributed by atoms with E-state index in [1.54, 1.807) is 4.90 Å². The molecule has 0 spiro atoms. The van der Waals surface area contributed by atoms with E-state index < -0.39 is 0 Å². The number of quaternary nitrogens is 1. The molecule has 4 rings (SSSR count). The number of hydrogen-bond acceptors (Lipinski definition) is 1. The van der Waals surface area contributed by atoms with Crippen molar-refractivity contribution in [1.82, 2.24) is 0 Å². The Bertz CT molecular complexity index is 815. The van der Waals surface area contributed by atoms with Gasteiger partial charge in [0, 0.05) is 16.3 Å². The third-order valence-corrected chi connectivity index (χ3v) is 5.23. The van der Waals surface area contributed by atoms with Gasteiger partial charge in [0.15, 0.2) is 0 Å². The first-order chi connectivity index (χ1) is 11.8. The van der Waals surface area contributed by atoms with Gasteiger partial charge in [-0.25, -0.2) is 0 Å². The number of fused-ring (bicyclic) bond motifs is 1. The lowest BCUT2D eigenvalue weighted by molar-refractivity contribution is -0.914. The van der Waals surface area contributed by atoms with E-state index in [4.69, 9.17) is 11.6 Å². The first-order valence-corrected chi connectivity index (χ1v) is 8.98. The van der Waals surface area contributed by atoms with Crippen LogP contribution in [0.3, 0.4) is 0 Å². The van der Waals surface area contributed by atoms with E-state index in [0.29, 0.717) is 0 Å². The van der Waals surface area contributed by atoms with Gasteiger partial charge in [-0.2, -0.15) is 0 Å². The SMILES string of the molecule is Clc1ccc(N2CC[NH+](Cc3cccc4ccccc34)CC2)cc1. The van der Waals surface area contributed by atoms with Gasteiger partial charge in [-0.1, -0.05) is 54.1 Å². The van der Waals surface area contributed by atoms with Crippen LogP contribution in [0.15, 0.2) is 66.7 Å². The normalized spacial score (nSPS) is 15.8. The van der Waals surface area contributed by atoms with Gasteiger partial charge >= 0.3 is 0 Å². The minimum absolute atomic E-state index is 0.805. The van der Waals surface area contributed by atoms with E-state index in [1.807, 2.05) is 12.1 Å². The van der Waals surface area contributed by atoms with Crippen molar-refractivity contribution in [3.63, 3.8) is 0 Å². The molecule has 1 fully saturated rings. The predicted molar refractivity (Wildman–Crippen MR) is 102 cm³/mol. The molecule has 0 aromatic heterocycles. The highest BCUT2D eigenvalue weighted by atomic mass is 35.5. The molecule has 0 bridgehead atoms. The van der Waals surface area contributed by atoms with Crippen molar-refractivity contribution in [2.45, 2.75) is 6.54 Å². The highest BCUT2D eigenvalue weighted by Gasteiger charge is 2.20. The van der Waals surface area contributed by atoms with Crippen LogP contribution in [-0.4, -0.2) is 26.2 Å². The molecule has 0 radical (unpaired) electrons. The lowest BCUT2D eigenvalue weighted by Gasteiger charge is -2.34. The van der Waals surface area contributed by atoms with Crippen LogP contribution in [0.5, 0.6) is 0 Å². The maximum absolute atomic E-state index is 5.99. The van der Waals surface area contributed by atoms with Crippen LogP contribution in [0.4, 0.5) is 5.69 Å². The standard InChI is InChI=1S/C21H21ClN2/c22-19-8-10-20(11-9-19)24-14-12-23(13-15-24)16-18-6-3-5-17-4-1-2-7-21(17)18/h1-11H,12-16H2/p+1. The summed E-state index contributed by atoms with van der Waals surface area (Å²) in [6.07, 6.45) is 0. The lowest BCUT2D eigenvalue weighted by atomic mass is 10.0. The van der Waals surface area contributed by atoms with Crippen molar-refractivity contribution in [1.29, 1.82) is 0 Å². The topological polar surface area (TPSA) is 7.68 Å². The average Bonchev–Trinajstić information content (AvgIpc) is 2.63. The summed E-state index contributed by atoms with van der Waals surface area (Å²) in [6, 6.07) is 23.6. The van der Waals surface area contributed by atoms with E-state index in [1.165, 1.54) is 35.1 Å². The maximum Gasteiger partial charge on any atom is 0.104 e. The molecule has 0 atom stereocenters. The Hall–Kier alpha value is -2.03. The number of rotatable bonds is 3. The summed E-state index contributed by atoms with van der Waals surface area (Å²) in [5.41, 5.74) is 2.74. The minimum Gasteiger partial charge on any atom is -0.360 e. The first kappa shape index (κ1) is 15.5. The summed E-state index contributed by atoms with van der Waals surface area (Å²) < 4.78 is 0. The Morgan fingerprint density at radius 2 is 1.54 bits per heavy atom. The van der Waals surface area contributed by atoms with E-state index >= 15 is 0 Å². The van der Waals surface area contributed by atoms with Crippen molar-refractivity contribution in [2.75, 3.05) is 31.1 Å². The molecule has 3 aromatic rings. The summed E-state index contributed by atoms with van der Waals surface area (Å²) in [6.45, 7) is 5.65. The third kappa shape index (κ3) is 3.26. The second-order valence-corrected chi connectivity index (χ2v) is 6.96. The smallest absolute Gasteiger partial charge is 0.104 e. The van der Waals surface area contributed by atoms with Crippen LogP contribution in [-0.2, 0) is 6.54 Å². The van der Waals surface area contributed by atoms with Gasteiger partial charge in [0.05, 0.1) is 26.2 Å². The Morgan fingerprint density at radius 1 is 0.833 bits per heavy atom. The van der Waals surface area contributed by atoms with Crippen LogP contribution in [0.2, 0.25) is 5.02 Å². The molecule has 122 valence electrons. The van der Waals surface area contributed by atoms with E-state index in [-0.39, 0.29) is 0 Å². The molecule has 1 saturated heterocycles. The van der Waals surface area contributed by atoms with Crippen molar-refractivity contribution in [3.05, 3.63) is 77.3 Å². The molecule has 1 aliphatic rings. The fourth-order valence-corrected chi connectivity index (χ4v) is 3.75. The van der Waals surface area contributed by atoms with E-state index in [9.17, 15) is 0 Å². The molecular formula is C21H22ClN2+. The van der Waals surface area contributed by atoms with Crippen molar-refractivity contribution in [3.8, 4) is 0 Å². The van der Waals surface area contributed by atoms with Gasteiger partial charge in [0.25, 0.3) is 0 Å². The molecule has 0 amide bonds. The number of nitrogens with one attached hydrogen (secondary N) is 1. The fraction of sp³-hybridized carbons (Fsp3) is 0.238. The number of nitrogens with zero attached hydrogens (tertiary/aromatic N) is 1. The molecule has 0 unspecified atom stereocenters. The second-order valence-electron chi connectivity index (χ2n) is 6.53. The molecule has 1 N–H and O–H groups in total. The number of anilines is 1. The summed E-state index contributed by atoms with van der Waals surface area (Å²) in [5.74, 6) is 0. The zero-order valence-electron chi connectivity index (χ0n) is 13.7. The Balaban J connectivity index is 1.43. The average molecular weight is 338 g/mol. The molecule has 3 heteroatoms. The van der Waals surface area contributed by atoms with E-state index in [0.717, 1.165) is 24.7 Å². The number of benzene rings is 3. The molecule has 3 aromatic carbocycles. The number of hydrogen-bond donors (Lipinski definition) is 1. The van der Waals surface area contributed by atoms with Crippen molar-refractivity contribution < 1.29 is 4.90 Å². The highest BCUT2D eigenvalue weighted by molar-refractivity contribution is 6.30. The molecule has 1 aliphatic heterocycles. The quantitative estimate of drug-likeness (QED) is 0.769. The third-order valence-electron chi connectivity index (χ3n) is 4.98. The van der Waals surface area contributed by atoms with Crippen LogP contribution in [0.25, 0.3) is 10.8 Å². The van der Waals surface area contributed by atoms with E-state index in [2.05, 4.69) is 59.5 Å². The molecule has 2 nitrogen and oxygen atoms in total.